The Hall–Kier alpha value is -2.39. The number of hydrogen-bond acceptors (Lipinski definition) is 2. The molecule has 1 heterocycles. The van der Waals surface area contributed by atoms with Gasteiger partial charge in [-0.15, -0.1) is 11.3 Å². The van der Waals surface area contributed by atoms with Gasteiger partial charge in [0.15, 0.2) is 0 Å². The molecule has 20 heavy (non-hydrogen) atoms. The van der Waals surface area contributed by atoms with E-state index < -0.39 is 0 Å². The summed E-state index contributed by atoms with van der Waals surface area (Å²) in [5.41, 5.74) is 2.85. The third-order valence-corrected chi connectivity index (χ3v) is 3.90. The number of anilines is 1. The van der Waals surface area contributed by atoms with Gasteiger partial charge in [0.05, 0.1) is 4.88 Å². The van der Waals surface area contributed by atoms with Gasteiger partial charge in [0.2, 0.25) is 0 Å². The maximum Gasteiger partial charge on any atom is 0.266 e. The second kappa shape index (κ2) is 5.72. The lowest BCUT2D eigenvalue weighted by molar-refractivity contribution is 0.103. The van der Waals surface area contributed by atoms with E-state index in [9.17, 15) is 4.79 Å². The van der Waals surface area contributed by atoms with Crippen LogP contribution < -0.4 is 5.32 Å². The van der Waals surface area contributed by atoms with Crippen molar-refractivity contribution in [2.75, 3.05) is 5.32 Å². The number of para-hydroxylation sites is 1. The zero-order valence-corrected chi connectivity index (χ0v) is 11.6. The molecule has 3 rings (SSSR count). The molecule has 0 saturated carbocycles. The maximum absolute atomic E-state index is 12.4. The summed E-state index contributed by atoms with van der Waals surface area (Å²) >= 11 is 1.46. The Morgan fingerprint density at radius 1 is 0.850 bits per heavy atom. The number of amides is 1. The molecule has 0 aliphatic heterocycles. The molecule has 1 N–H and O–H groups in total. The van der Waals surface area contributed by atoms with E-state index in [4.69, 9.17) is 0 Å². The summed E-state index contributed by atoms with van der Waals surface area (Å²) in [6, 6.07) is 21.4. The molecule has 0 unspecified atom stereocenters. The predicted octanol–water partition coefficient (Wildman–Crippen LogP) is 4.67. The predicted molar refractivity (Wildman–Crippen MR) is 84.2 cm³/mol. The van der Waals surface area contributed by atoms with Crippen molar-refractivity contribution in [2.45, 2.75) is 0 Å². The molecule has 0 saturated heterocycles. The van der Waals surface area contributed by atoms with E-state index >= 15 is 0 Å². The van der Waals surface area contributed by atoms with E-state index in [1.807, 2.05) is 72.1 Å². The van der Waals surface area contributed by atoms with Crippen molar-refractivity contribution in [1.82, 2.24) is 0 Å². The number of carbonyl (C=O) groups is 1. The highest BCUT2D eigenvalue weighted by Gasteiger charge is 2.14. The molecule has 0 radical (unpaired) electrons. The smallest absolute Gasteiger partial charge is 0.266 e. The SMILES string of the molecule is O=C(Nc1ccccc1)c1sccc1-c1ccccc1. The van der Waals surface area contributed by atoms with Crippen LogP contribution in [0.2, 0.25) is 0 Å². The van der Waals surface area contributed by atoms with Gasteiger partial charge < -0.3 is 5.32 Å². The lowest BCUT2D eigenvalue weighted by Gasteiger charge is -2.06. The Morgan fingerprint density at radius 2 is 1.50 bits per heavy atom. The van der Waals surface area contributed by atoms with Gasteiger partial charge in [0.25, 0.3) is 5.91 Å². The minimum absolute atomic E-state index is 0.0648. The molecular weight excluding hydrogens is 266 g/mol. The first-order chi connectivity index (χ1) is 9.84. The van der Waals surface area contributed by atoms with Gasteiger partial charge in [-0.3, -0.25) is 4.79 Å². The number of benzene rings is 2. The summed E-state index contributed by atoms with van der Waals surface area (Å²) in [7, 11) is 0. The minimum Gasteiger partial charge on any atom is -0.321 e. The molecule has 0 atom stereocenters. The van der Waals surface area contributed by atoms with E-state index in [2.05, 4.69) is 5.32 Å². The first kappa shape index (κ1) is 12.6. The van der Waals surface area contributed by atoms with Crippen LogP contribution in [0.5, 0.6) is 0 Å². The van der Waals surface area contributed by atoms with E-state index in [0.717, 1.165) is 21.7 Å². The first-order valence-electron chi connectivity index (χ1n) is 6.34. The van der Waals surface area contributed by atoms with Crippen LogP contribution in [0.1, 0.15) is 9.67 Å². The van der Waals surface area contributed by atoms with Crippen molar-refractivity contribution in [3.05, 3.63) is 77.0 Å². The van der Waals surface area contributed by atoms with Crippen LogP contribution in [0, 0.1) is 0 Å². The van der Waals surface area contributed by atoms with E-state index in [1.54, 1.807) is 0 Å². The van der Waals surface area contributed by atoms with Crippen molar-refractivity contribution in [1.29, 1.82) is 0 Å². The summed E-state index contributed by atoms with van der Waals surface area (Å²) < 4.78 is 0. The second-order valence-corrected chi connectivity index (χ2v) is 5.27. The largest absolute Gasteiger partial charge is 0.321 e. The zero-order valence-electron chi connectivity index (χ0n) is 10.7. The molecule has 0 fully saturated rings. The highest BCUT2D eigenvalue weighted by molar-refractivity contribution is 7.12. The van der Waals surface area contributed by atoms with Crippen LogP contribution in [-0.2, 0) is 0 Å². The Balaban J connectivity index is 1.88. The van der Waals surface area contributed by atoms with Gasteiger partial charge in [0.1, 0.15) is 0 Å². The molecule has 2 aromatic carbocycles. The summed E-state index contributed by atoms with van der Waals surface area (Å²) in [4.78, 5) is 13.1. The third-order valence-electron chi connectivity index (χ3n) is 2.99. The highest BCUT2D eigenvalue weighted by Crippen LogP contribution is 2.28. The van der Waals surface area contributed by atoms with Crippen molar-refractivity contribution >= 4 is 22.9 Å². The van der Waals surface area contributed by atoms with Gasteiger partial charge in [-0.2, -0.15) is 0 Å². The van der Waals surface area contributed by atoms with Crippen molar-refractivity contribution < 1.29 is 4.79 Å². The molecule has 0 aliphatic carbocycles. The fourth-order valence-electron chi connectivity index (χ4n) is 2.04. The molecule has 1 amide bonds. The Bertz CT molecular complexity index is 704. The average molecular weight is 279 g/mol. The second-order valence-electron chi connectivity index (χ2n) is 4.35. The first-order valence-corrected chi connectivity index (χ1v) is 7.22. The van der Waals surface area contributed by atoms with Gasteiger partial charge in [-0.05, 0) is 29.1 Å². The molecule has 0 bridgehead atoms. The van der Waals surface area contributed by atoms with Crippen LogP contribution in [0.25, 0.3) is 11.1 Å². The number of nitrogens with one attached hydrogen (secondary N) is 1. The van der Waals surface area contributed by atoms with Gasteiger partial charge >= 0.3 is 0 Å². The number of hydrogen-bond donors (Lipinski definition) is 1. The van der Waals surface area contributed by atoms with E-state index in [1.165, 1.54) is 11.3 Å². The lowest BCUT2D eigenvalue weighted by Crippen LogP contribution is -2.10. The molecule has 2 nitrogen and oxygen atoms in total. The van der Waals surface area contributed by atoms with Crippen molar-refractivity contribution in [3.63, 3.8) is 0 Å². The molecule has 1 aromatic heterocycles. The third kappa shape index (κ3) is 2.63. The molecule has 98 valence electrons. The average Bonchev–Trinajstić information content (AvgIpc) is 2.99. The van der Waals surface area contributed by atoms with Gasteiger partial charge in [0, 0.05) is 11.3 Å². The number of carbonyl (C=O) groups excluding carboxylic acids is 1. The van der Waals surface area contributed by atoms with Crippen LogP contribution in [0.15, 0.2) is 72.1 Å². The topological polar surface area (TPSA) is 29.1 Å². The number of rotatable bonds is 3. The Morgan fingerprint density at radius 3 is 2.20 bits per heavy atom. The maximum atomic E-state index is 12.4. The summed E-state index contributed by atoms with van der Waals surface area (Å²) in [5, 5.41) is 4.87. The van der Waals surface area contributed by atoms with Crippen LogP contribution in [0.3, 0.4) is 0 Å². The normalized spacial score (nSPS) is 10.2. The highest BCUT2D eigenvalue weighted by atomic mass is 32.1. The van der Waals surface area contributed by atoms with Crippen molar-refractivity contribution in [3.8, 4) is 11.1 Å². The summed E-state index contributed by atoms with van der Waals surface area (Å²) in [5.74, 6) is -0.0648. The summed E-state index contributed by atoms with van der Waals surface area (Å²) in [6.45, 7) is 0. The molecule has 3 heteroatoms. The lowest BCUT2D eigenvalue weighted by atomic mass is 10.1. The van der Waals surface area contributed by atoms with Crippen molar-refractivity contribution in [2.24, 2.45) is 0 Å². The van der Waals surface area contributed by atoms with E-state index in [-0.39, 0.29) is 5.91 Å². The quantitative estimate of drug-likeness (QED) is 0.741. The monoisotopic (exact) mass is 279 g/mol. The van der Waals surface area contributed by atoms with Crippen LogP contribution >= 0.6 is 11.3 Å². The molecule has 0 spiro atoms. The Kier molecular flexibility index (Phi) is 3.61. The van der Waals surface area contributed by atoms with Gasteiger partial charge in [-0.25, -0.2) is 0 Å². The molecular formula is C17H13NOS. The summed E-state index contributed by atoms with van der Waals surface area (Å²) in [6.07, 6.45) is 0. The zero-order chi connectivity index (χ0) is 13.8. The minimum atomic E-state index is -0.0648. The molecule has 0 aliphatic rings. The van der Waals surface area contributed by atoms with Crippen LogP contribution in [0.4, 0.5) is 5.69 Å². The fourth-order valence-corrected chi connectivity index (χ4v) is 2.85. The standard InChI is InChI=1S/C17H13NOS/c19-17(18-14-9-5-2-6-10-14)16-15(11-12-20-16)13-7-3-1-4-8-13/h1-12H,(H,18,19). The fraction of sp³-hybridized carbons (Fsp3) is 0. The van der Waals surface area contributed by atoms with E-state index in [0.29, 0.717) is 0 Å². The van der Waals surface area contributed by atoms with Crippen LogP contribution in [-0.4, -0.2) is 5.91 Å². The molecule has 3 aromatic rings. The van der Waals surface area contributed by atoms with Gasteiger partial charge in [-0.1, -0.05) is 48.5 Å². The Labute approximate surface area is 121 Å². The number of thiophene rings is 1.